The number of hydrogen-bond donors (Lipinski definition) is 1. The Balaban J connectivity index is 1.94. The molecule has 1 saturated heterocycles. The average Bonchev–Trinajstić information content (AvgIpc) is 3.12. The predicted octanol–water partition coefficient (Wildman–Crippen LogP) is 0.873. The van der Waals surface area contributed by atoms with Crippen molar-refractivity contribution in [1.29, 1.82) is 0 Å². The van der Waals surface area contributed by atoms with Crippen LogP contribution >= 0.6 is 0 Å². The van der Waals surface area contributed by atoms with Crippen LogP contribution in [-0.4, -0.2) is 75.0 Å². The Morgan fingerprint density at radius 1 is 1.35 bits per heavy atom. The van der Waals surface area contributed by atoms with Crippen LogP contribution in [0.2, 0.25) is 0 Å². The fraction of sp³-hybridized carbons (Fsp3) is 0.625. The number of methoxy groups -OCH3 is 1. The molecular formula is C16H24N2O7S. The molecule has 1 aliphatic rings. The van der Waals surface area contributed by atoms with Gasteiger partial charge in [-0.05, 0) is 31.4 Å². The van der Waals surface area contributed by atoms with E-state index in [1.165, 1.54) is 4.31 Å². The summed E-state index contributed by atoms with van der Waals surface area (Å²) in [7, 11) is -0.559. The van der Waals surface area contributed by atoms with Crippen molar-refractivity contribution in [2.24, 2.45) is 5.92 Å². The molecule has 0 bridgehead atoms. The van der Waals surface area contributed by atoms with E-state index in [9.17, 15) is 18.0 Å². The van der Waals surface area contributed by atoms with Gasteiger partial charge >= 0.3 is 5.97 Å². The minimum Gasteiger partial charge on any atom is -0.475 e. The maximum atomic E-state index is 12.5. The monoisotopic (exact) mass is 388 g/mol. The zero-order valence-electron chi connectivity index (χ0n) is 14.9. The zero-order valence-corrected chi connectivity index (χ0v) is 15.7. The highest BCUT2D eigenvalue weighted by molar-refractivity contribution is 7.89. The second-order valence-electron chi connectivity index (χ2n) is 6.21. The molecule has 1 N–H and O–H groups in total. The number of ether oxygens (including phenoxy) is 1. The molecule has 9 nitrogen and oxygen atoms in total. The van der Waals surface area contributed by atoms with Crippen molar-refractivity contribution in [1.82, 2.24) is 9.21 Å². The smallest absolute Gasteiger partial charge is 0.371 e. The summed E-state index contributed by atoms with van der Waals surface area (Å²) >= 11 is 0. The van der Waals surface area contributed by atoms with Gasteiger partial charge in [0.2, 0.25) is 16.8 Å². The van der Waals surface area contributed by atoms with Crippen LogP contribution in [0.25, 0.3) is 0 Å². The number of carbonyl (C=O) groups is 2. The zero-order chi connectivity index (χ0) is 19.3. The van der Waals surface area contributed by atoms with E-state index < -0.39 is 26.8 Å². The molecule has 0 atom stereocenters. The summed E-state index contributed by atoms with van der Waals surface area (Å²) in [6.45, 7) is 1.55. The van der Waals surface area contributed by atoms with E-state index in [0.29, 0.717) is 26.0 Å². The molecule has 1 aliphatic heterocycles. The van der Waals surface area contributed by atoms with E-state index in [-0.39, 0.29) is 24.9 Å². The number of furan rings is 1. The Labute approximate surface area is 152 Å². The van der Waals surface area contributed by atoms with Gasteiger partial charge in [-0.3, -0.25) is 4.79 Å². The highest BCUT2D eigenvalue weighted by Gasteiger charge is 2.35. The van der Waals surface area contributed by atoms with E-state index in [1.807, 2.05) is 0 Å². The molecule has 1 aromatic rings. The molecule has 2 rings (SSSR count). The number of rotatable bonds is 8. The summed E-state index contributed by atoms with van der Waals surface area (Å²) in [5, 5.41) is 8.45. The van der Waals surface area contributed by atoms with Gasteiger partial charge in [-0.25, -0.2) is 13.2 Å². The van der Waals surface area contributed by atoms with E-state index in [2.05, 4.69) is 0 Å². The minimum atomic E-state index is -3.90. The first-order valence-electron chi connectivity index (χ1n) is 8.34. The van der Waals surface area contributed by atoms with E-state index >= 15 is 0 Å². The van der Waals surface area contributed by atoms with Crippen molar-refractivity contribution in [2.45, 2.75) is 24.4 Å². The Hall–Kier alpha value is -1.91. The molecule has 0 saturated carbocycles. The predicted molar refractivity (Wildman–Crippen MR) is 91.3 cm³/mol. The van der Waals surface area contributed by atoms with Gasteiger partial charge in [0.05, 0.1) is 0 Å². The molecule has 1 amide bonds. The van der Waals surface area contributed by atoms with Crippen molar-refractivity contribution in [2.75, 3.05) is 40.4 Å². The number of carboxylic acids is 1. The van der Waals surface area contributed by atoms with E-state index in [4.69, 9.17) is 14.3 Å². The highest BCUT2D eigenvalue weighted by atomic mass is 32.2. The molecule has 1 aromatic heterocycles. The quantitative estimate of drug-likeness (QED) is 0.657. The third-order valence-electron chi connectivity index (χ3n) is 4.41. The average molecular weight is 388 g/mol. The van der Waals surface area contributed by atoms with Crippen LogP contribution in [0.1, 0.15) is 29.8 Å². The summed E-state index contributed by atoms with van der Waals surface area (Å²) in [6, 6.07) is 2.25. The number of amides is 1. The summed E-state index contributed by atoms with van der Waals surface area (Å²) in [5.74, 6) is -1.97. The summed E-state index contributed by atoms with van der Waals surface area (Å²) < 4.78 is 36.2. The Morgan fingerprint density at radius 2 is 2.00 bits per heavy atom. The highest BCUT2D eigenvalue weighted by Crippen LogP contribution is 2.26. The largest absolute Gasteiger partial charge is 0.475 e. The molecule has 1 fully saturated rings. The molecule has 0 unspecified atom stereocenters. The van der Waals surface area contributed by atoms with Crippen LogP contribution in [0.4, 0.5) is 0 Å². The van der Waals surface area contributed by atoms with Crippen LogP contribution in [0.3, 0.4) is 0 Å². The molecule has 26 heavy (non-hydrogen) atoms. The van der Waals surface area contributed by atoms with Crippen LogP contribution in [0.5, 0.6) is 0 Å². The standard InChI is InChI=1S/C16H24N2O7S/c1-17(8-3-11-24-2)15(19)12-6-9-18(10-7-12)26(22,23)14-5-4-13(25-14)16(20)21/h4-5,12H,3,6-11H2,1-2H3,(H,20,21). The van der Waals surface area contributed by atoms with Crippen LogP contribution in [0, 0.1) is 5.92 Å². The van der Waals surface area contributed by atoms with Gasteiger partial charge in [-0.2, -0.15) is 4.31 Å². The van der Waals surface area contributed by atoms with E-state index in [1.54, 1.807) is 19.1 Å². The molecule has 0 radical (unpaired) electrons. The second-order valence-corrected chi connectivity index (χ2v) is 8.08. The van der Waals surface area contributed by atoms with Gasteiger partial charge in [-0.1, -0.05) is 0 Å². The second kappa shape index (κ2) is 8.65. The number of carbonyl (C=O) groups excluding carboxylic acids is 1. The molecule has 146 valence electrons. The first-order valence-corrected chi connectivity index (χ1v) is 9.78. The van der Waals surface area contributed by atoms with Crippen molar-refractivity contribution in [3.63, 3.8) is 0 Å². The van der Waals surface area contributed by atoms with Gasteiger partial charge in [0.1, 0.15) is 0 Å². The lowest BCUT2D eigenvalue weighted by atomic mass is 9.96. The summed E-state index contributed by atoms with van der Waals surface area (Å²) in [5.41, 5.74) is 0. The SMILES string of the molecule is COCCCN(C)C(=O)C1CCN(S(=O)(=O)c2ccc(C(=O)O)o2)CC1. The maximum absolute atomic E-state index is 12.5. The lowest BCUT2D eigenvalue weighted by Gasteiger charge is -2.32. The van der Waals surface area contributed by atoms with Crippen molar-refractivity contribution in [3.8, 4) is 0 Å². The molecule has 10 heteroatoms. The molecule has 2 heterocycles. The number of hydrogen-bond acceptors (Lipinski definition) is 6. The number of sulfonamides is 1. The van der Waals surface area contributed by atoms with Gasteiger partial charge in [0.15, 0.2) is 0 Å². The van der Waals surface area contributed by atoms with Gasteiger partial charge in [0, 0.05) is 46.3 Å². The first-order chi connectivity index (χ1) is 12.3. The maximum Gasteiger partial charge on any atom is 0.371 e. The summed E-state index contributed by atoms with van der Waals surface area (Å²) in [6.07, 6.45) is 1.58. The fourth-order valence-electron chi connectivity index (χ4n) is 2.91. The van der Waals surface area contributed by atoms with Crippen molar-refractivity contribution >= 4 is 21.9 Å². The molecule has 0 aliphatic carbocycles. The van der Waals surface area contributed by atoms with Crippen LogP contribution in [-0.2, 0) is 19.6 Å². The van der Waals surface area contributed by atoms with Crippen molar-refractivity contribution in [3.05, 3.63) is 17.9 Å². The first kappa shape index (κ1) is 20.4. The minimum absolute atomic E-state index is 0.00399. The van der Waals surface area contributed by atoms with E-state index in [0.717, 1.165) is 18.6 Å². The lowest BCUT2D eigenvalue weighted by Crippen LogP contribution is -2.43. The fourth-order valence-corrected chi connectivity index (χ4v) is 4.29. The topological polar surface area (TPSA) is 117 Å². The molecule has 0 spiro atoms. The van der Waals surface area contributed by atoms with Gasteiger partial charge in [-0.15, -0.1) is 0 Å². The number of aromatic carboxylic acids is 1. The Bertz CT molecular complexity index is 736. The molecule has 0 aromatic carbocycles. The normalized spacial score (nSPS) is 16.5. The summed E-state index contributed by atoms with van der Waals surface area (Å²) in [4.78, 5) is 24.9. The Kier molecular flexibility index (Phi) is 6.79. The number of carboxylic acid groups (broad SMARTS) is 1. The van der Waals surface area contributed by atoms with Crippen LogP contribution < -0.4 is 0 Å². The number of nitrogens with zero attached hydrogens (tertiary/aromatic N) is 2. The molecular weight excluding hydrogens is 364 g/mol. The van der Waals surface area contributed by atoms with Gasteiger partial charge in [0.25, 0.3) is 10.0 Å². The third-order valence-corrected chi connectivity index (χ3v) is 6.18. The van der Waals surface area contributed by atoms with Gasteiger partial charge < -0.3 is 19.2 Å². The third kappa shape index (κ3) is 4.63. The number of piperidine rings is 1. The lowest BCUT2D eigenvalue weighted by molar-refractivity contribution is -0.135. The Morgan fingerprint density at radius 3 is 2.54 bits per heavy atom. The van der Waals surface area contributed by atoms with Crippen molar-refractivity contribution < 1.29 is 32.3 Å². The van der Waals surface area contributed by atoms with Crippen LogP contribution in [0.15, 0.2) is 21.6 Å².